The summed E-state index contributed by atoms with van der Waals surface area (Å²) in [7, 11) is 0. The highest BCUT2D eigenvalue weighted by Crippen LogP contribution is 2.13. The van der Waals surface area contributed by atoms with E-state index >= 15 is 0 Å². The van der Waals surface area contributed by atoms with Crippen molar-refractivity contribution in [3.63, 3.8) is 0 Å². The van der Waals surface area contributed by atoms with Crippen LogP contribution in [0.25, 0.3) is 0 Å². The largest absolute Gasteiger partial charge is 0.475 e. The van der Waals surface area contributed by atoms with E-state index in [0.717, 1.165) is 12.4 Å². The van der Waals surface area contributed by atoms with Gasteiger partial charge in [-0.05, 0) is 20.3 Å². The average molecular weight is 293 g/mol. The van der Waals surface area contributed by atoms with Crippen molar-refractivity contribution < 1.29 is 4.74 Å². The monoisotopic (exact) mass is 293 g/mol. The van der Waals surface area contributed by atoms with Crippen LogP contribution in [0, 0.1) is 0 Å². The van der Waals surface area contributed by atoms with Gasteiger partial charge >= 0.3 is 0 Å². The van der Waals surface area contributed by atoms with Crippen molar-refractivity contribution in [1.29, 1.82) is 0 Å². The van der Waals surface area contributed by atoms with Gasteiger partial charge in [-0.25, -0.2) is 9.97 Å². The minimum absolute atomic E-state index is 0.139. The van der Waals surface area contributed by atoms with Crippen LogP contribution in [0.2, 0.25) is 0 Å². The number of hydrogen-bond donors (Lipinski definition) is 1. The molecule has 0 aliphatic heterocycles. The summed E-state index contributed by atoms with van der Waals surface area (Å²) in [6, 6.07) is 1.87. The van der Waals surface area contributed by atoms with Gasteiger partial charge in [0.25, 0.3) is 0 Å². The summed E-state index contributed by atoms with van der Waals surface area (Å²) in [5, 5.41) is 3.34. The molecule has 0 saturated heterocycles. The molecule has 0 aromatic carbocycles. The van der Waals surface area contributed by atoms with Crippen LogP contribution in [0.4, 0.5) is 5.82 Å². The molecular formula is C17H31N3O. The van der Waals surface area contributed by atoms with Crippen molar-refractivity contribution in [3.8, 4) is 5.88 Å². The molecule has 0 atom stereocenters. The summed E-state index contributed by atoms with van der Waals surface area (Å²) in [4.78, 5) is 8.31. The second-order valence-corrected chi connectivity index (χ2v) is 5.81. The van der Waals surface area contributed by atoms with E-state index in [0.29, 0.717) is 5.88 Å². The van der Waals surface area contributed by atoms with E-state index in [1.165, 1.54) is 51.4 Å². The summed E-state index contributed by atoms with van der Waals surface area (Å²) in [6.07, 6.45) is 12.4. The molecule has 1 N–H and O–H groups in total. The number of ether oxygens (including phenoxy) is 1. The first kappa shape index (κ1) is 17.7. The summed E-state index contributed by atoms with van der Waals surface area (Å²) < 4.78 is 5.56. The molecule has 21 heavy (non-hydrogen) atoms. The number of anilines is 1. The fraction of sp³-hybridized carbons (Fsp3) is 0.765. The SMILES string of the molecule is CCCCCCCCCCNc1cc(OC(C)C)ncn1. The van der Waals surface area contributed by atoms with Gasteiger partial charge in [0.05, 0.1) is 6.10 Å². The topological polar surface area (TPSA) is 47.0 Å². The highest BCUT2D eigenvalue weighted by atomic mass is 16.5. The Morgan fingerprint density at radius 1 is 1.00 bits per heavy atom. The second kappa shape index (κ2) is 11.4. The van der Waals surface area contributed by atoms with E-state index in [9.17, 15) is 0 Å². The Kier molecular flexibility index (Phi) is 9.58. The van der Waals surface area contributed by atoms with Crippen molar-refractivity contribution >= 4 is 5.82 Å². The van der Waals surface area contributed by atoms with Gasteiger partial charge in [0, 0.05) is 12.6 Å². The lowest BCUT2D eigenvalue weighted by atomic mass is 10.1. The molecule has 0 spiro atoms. The van der Waals surface area contributed by atoms with Crippen molar-refractivity contribution in [3.05, 3.63) is 12.4 Å². The van der Waals surface area contributed by atoms with Gasteiger partial charge in [-0.1, -0.05) is 51.9 Å². The predicted molar refractivity (Wildman–Crippen MR) is 88.9 cm³/mol. The Hall–Kier alpha value is -1.32. The lowest BCUT2D eigenvalue weighted by molar-refractivity contribution is 0.232. The molecular weight excluding hydrogens is 262 g/mol. The Bertz CT molecular complexity index is 369. The molecule has 1 heterocycles. The normalized spacial score (nSPS) is 10.9. The van der Waals surface area contributed by atoms with E-state index in [-0.39, 0.29) is 6.10 Å². The maximum absolute atomic E-state index is 5.56. The molecule has 4 heteroatoms. The number of unbranched alkanes of at least 4 members (excludes halogenated alkanes) is 7. The molecule has 0 bridgehead atoms. The van der Waals surface area contributed by atoms with Gasteiger partial charge in [0.2, 0.25) is 5.88 Å². The molecule has 0 fully saturated rings. The third-order valence-corrected chi connectivity index (χ3v) is 3.33. The first-order chi connectivity index (χ1) is 10.2. The van der Waals surface area contributed by atoms with Gasteiger partial charge < -0.3 is 10.1 Å². The van der Waals surface area contributed by atoms with Crippen LogP contribution in [0.1, 0.15) is 72.1 Å². The molecule has 4 nitrogen and oxygen atoms in total. The maximum Gasteiger partial charge on any atom is 0.218 e. The number of rotatable bonds is 12. The molecule has 0 aliphatic carbocycles. The Balaban J connectivity index is 2.07. The molecule has 1 aromatic rings. The zero-order chi connectivity index (χ0) is 15.3. The zero-order valence-corrected chi connectivity index (χ0v) is 13.9. The lowest BCUT2D eigenvalue weighted by Gasteiger charge is -2.10. The standard InChI is InChI=1S/C17H31N3O/c1-4-5-6-7-8-9-10-11-12-18-16-13-17(20-14-19-16)21-15(2)3/h13-15H,4-12H2,1-3H3,(H,18,19,20). The number of nitrogens with one attached hydrogen (secondary N) is 1. The van der Waals surface area contributed by atoms with E-state index in [1.54, 1.807) is 6.33 Å². The average Bonchev–Trinajstić information content (AvgIpc) is 2.45. The number of hydrogen-bond acceptors (Lipinski definition) is 4. The Morgan fingerprint density at radius 2 is 1.67 bits per heavy atom. The lowest BCUT2D eigenvalue weighted by Crippen LogP contribution is -2.08. The third kappa shape index (κ3) is 9.27. The van der Waals surface area contributed by atoms with Crippen LogP contribution in [0.5, 0.6) is 5.88 Å². The van der Waals surface area contributed by atoms with Crippen molar-refractivity contribution in [2.45, 2.75) is 78.2 Å². The quantitative estimate of drug-likeness (QED) is 0.561. The van der Waals surface area contributed by atoms with Crippen LogP contribution in [0.3, 0.4) is 0 Å². The molecule has 0 aliphatic rings. The van der Waals surface area contributed by atoms with E-state index in [4.69, 9.17) is 4.74 Å². The number of aromatic nitrogens is 2. The van der Waals surface area contributed by atoms with E-state index < -0.39 is 0 Å². The van der Waals surface area contributed by atoms with Crippen LogP contribution in [-0.4, -0.2) is 22.6 Å². The minimum Gasteiger partial charge on any atom is -0.475 e. The second-order valence-electron chi connectivity index (χ2n) is 5.81. The van der Waals surface area contributed by atoms with Crippen LogP contribution < -0.4 is 10.1 Å². The predicted octanol–water partition coefficient (Wildman–Crippen LogP) is 4.82. The Morgan fingerprint density at radius 3 is 2.33 bits per heavy atom. The summed E-state index contributed by atoms with van der Waals surface area (Å²) >= 11 is 0. The zero-order valence-electron chi connectivity index (χ0n) is 13.9. The number of nitrogens with zero attached hydrogens (tertiary/aromatic N) is 2. The molecule has 0 amide bonds. The molecule has 0 saturated carbocycles. The van der Waals surface area contributed by atoms with Crippen LogP contribution in [-0.2, 0) is 0 Å². The summed E-state index contributed by atoms with van der Waals surface area (Å²) in [5.74, 6) is 1.49. The van der Waals surface area contributed by atoms with Gasteiger partial charge in [-0.15, -0.1) is 0 Å². The van der Waals surface area contributed by atoms with Crippen molar-refractivity contribution in [2.75, 3.05) is 11.9 Å². The maximum atomic E-state index is 5.56. The van der Waals surface area contributed by atoms with E-state index in [2.05, 4.69) is 22.2 Å². The van der Waals surface area contributed by atoms with Crippen molar-refractivity contribution in [1.82, 2.24) is 9.97 Å². The van der Waals surface area contributed by atoms with Gasteiger partial charge in [-0.3, -0.25) is 0 Å². The Labute approximate surface area is 129 Å². The summed E-state index contributed by atoms with van der Waals surface area (Å²) in [6.45, 7) is 7.22. The molecule has 1 rings (SSSR count). The fourth-order valence-corrected chi connectivity index (χ4v) is 2.22. The van der Waals surface area contributed by atoms with Crippen LogP contribution >= 0.6 is 0 Å². The highest BCUT2D eigenvalue weighted by Gasteiger charge is 2.01. The third-order valence-electron chi connectivity index (χ3n) is 3.33. The van der Waals surface area contributed by atoms with Crippen molar-refractivity contribution in [2.24, 2.45) is 0 Å². The molecule has 120 valence electrons. The minimum atomic E-state index is 0.139. The fourth-order valence-electron chi connectivity index (χ4n) is 2.22. The molecule has 1 aromatic heterocycles. The van der Waals surface area contributed by atoms with Crippen LogP contribution in [0.15, 0.2) is 12.4 Å². The first-order valence-electron chi connectivity index (χ1n) is 8.45. The highest BCUT2D eigenvalue weighted by molar-refractivity contribution is 5.36. The smallest absolute Gasteiger partial charge is 0.218 e. The first-order valence-corrected chi connectivity index (χ1v) is 8.45. The van der Waals surface area contributed by atoms with Gasteiger partial charge in [0.1, 0.15) is 12.1 Å². The molecule has 0 radical (unpaired) electrons. The van der Waals surface area contributed by atoms with Gasteiger partial charge in [-0.2, -0.15) is 0 Å². The van der Waals surface area contributed by atoms with E-state index in [1.807, 2.05) is 19.9 Å². The molecule has 0 unspecified atom stereocenters. The summed E-state index contributed by atoms with van der Waals surface area (Å²) in [5.41, 5.74) is 0. The van der Waals surface area contributed by atoms with Gasteiger partial charge in [0.15, 0.2) is 0 Å².